The van der Waals surface area contributed by atoms with Crippen molar-refractivity contribution in [1.82, 2.24) is 4.90 Å². The molecule has 0 aromatic heterocycles. The van der Waals surface area contributed by atoms with Gasteiger partial charge >= 0.3 is 5.97 Å². The first kappa shape index (κ1) is 22.3. The number of ether oxygens (including phenoxy) is 1. The number of hydrogen-bond acceptors (Lipinski definition) is 4. The molecule has 1 atom stereocenters. The number of benzene rings is 1. The lowest BCUT2D eigenvalue weighted by Crippen LogP contribution is -2.38. The van der Waals surface area contributed by atoms with Crippen LogP contribution < -0.4 is 0 Å². The third-order valence-corrected chi connectivity index (χ3v) is 3.41. The van der Waals surface area contributed by atoms with E-state index in [0.29, 0.717) is 0 Å². The van der Waals surface area contributed by atoms with Crippen LogP contribution >= 0.6 is 0 Å². The van der Waals surface area contributed by atoms with Crippen molar-refractivity contribution in [2.45, 2.75) is 66.0 Å². The van der Waals surface area contributed by atoms with Crippen LogP contribution in [-0.2, 0) is 9.53 Å². The van der Waals surface area contributed by atoms with Crippen LogP contribution in [0.5, 0.6) is 0 Å². The molecule has 1 saturated heterocycles. The number of rotatable bonds is 2. The van der Waals surface area contributed by atoms with Gasteiger partial charge in [0.25, 0.3) is 0 Å². The molecule has 4 nitrogen and oxygen atoms in total. The van der Waals surface area contributed by atoms with E-state index < -0.39 is 0 Å². The molecule has 4 heteroatoms. The molecule has 0 saturated carbocycles. The molecule has 0 radical (unpaired) electrons. The van der Waals surface area contributed by atoms with Crippen LogP contribution in [0, 0.1) is 6.92 Å². The van der Waals surface area contributed by atoms with E-state index in [4.69, 9.17) is 4.74 Å². The van der Waals surface area contributed by atoms with Crippen LogP contribution in [0.1, 0.15) is 63.4 Å². The number of likely N-dealkylation sites (tertiary alicyclic amines) is 1. The van der Waals surface area contributed by atoms with Gasteiger partial charge in [0.05, 0.1) is 0 Å². The van der Waals surface area contributed by atoms with Crippen LogP contribution in [0.25, 0.3) is 0 Å². The van der Waals surface area contributed by atoms with Gasteiger partial charge in [0.1, 0.15) is 17.9 Å². The molecule has 136 valence electrons. The van der Waals surface area contributed by atoms with Gasteiger partial charge in [-0.2, -0.15) is 0 Å². The topological polar surface area (TPSA) is 46.6 Å². The average Bonchev–Trinajstić information content (AvgIpc) is 2.95. The zero-order chi connectivity index (χ0) is 18.8. The molecule has 1 aliphatic rings. The SMILES string of the molecule is CC.CN1CCCC1C(=O)OC(C)(C)C.Cc1ccc(C=O)cc1. The van der Waals surface area contributed by atoms with Crippen molar-refractivity contribution in [2.24, 2.45) is 0 Å². The Labute approximate surface area is 147 Å². The molecule has 1 aromatic carbocycles. The van der Waals surface area contributed by atoms with Crippen LogP contribution in [0.2, 0.25) is 0 Å². The number of nitrogens with zero attached hydrogens (tertiary/aromatic N) is 1. The predicted octanol–water partition coefficient (Wildman–Crippen LogP) is 4.26. The number of aldehydes is 1. The molecular weight excluding hydrogens is 302 g/mol. The predicted molar refractivity (Wildman–Crippen MR) is 99.4 cm³/mol. The highest BCUT2D eigenvalue weighted by atomic mass is 16.6. The monoisotopic (exact) mass is 335 g/mol. The van der Waals surface area contributed by atoms with Crippen molar-refractivity contribution < 1.29 is 14.3 Å². The summed E-state index contributed by atoms with van der Waals surface area (Å²) in [6, 6.07) is 7.44. The summed E-state index contributed by atoms with van der Waals surface area (Å²) in [4.78, 5) is 23.8. The van der Waals surface area contributed by atoms with E-state index in [1.807, 2.05) is 72.9 Å². The Balaban J connectivity index is 0.000000420. The summed E-state index contributed by atoms with van der Waals surface area (Å²) in [5.74, 6) is -0.0764. The van der Waals surface area contributed by atoms with Gasteiger partial charge in [0, 0.05) is 5.56 Å². The Morgan fingerprint density at radius 2 is 1.75 bits per heavy atom. The van der Waals surface area contributed by atoms with Gasteiger partial charge in [-0.1, -0.05) is 43.7 Å². The Kier molecular flexibility index (Phi) is 10.2. The molecule has 0 aliphatic carbocycles. The summed E-state index contributed by atoms with van der Waals surface area (Å²) in [6.07, 6.45) is 2.88. The largest absolute Gasteiger partial charge is 0.459 e. The van der Waals surface area contributed by atoms with E-state index in [9.17, 15) is 9.59 Å². The second kappa shape index (κ2) is 11.0. The lowest BCUT2D eigenvalue weighted by atomic mass is 10.1. The Bertz CT molecular complexity index is 489. The summed E-state index contributed by atoms with van der Waals surface area (Å²) < 4.78 is 5.31. The fourth-order valence-electron chi connectivity index (χ4n) is 2.22. The van der Waals surface area contributed by atoms with E-state index in [2.05, 4.69) is 4.90 Å². The molecule has 0 spiro atoms. The summed E-state index contributed by atoms with van der Waals surface area (Å²) in [5.41, 5.74) is 1.56. The summed E-state index contributed by atoms with van der Waals surface area (Å²) in [7, 11) is 1.97. The maximum atomic E-state index is 11.6. The van der Waals surface area contributed by atoms with Crippen molar-refractivity contribution in [3.63, 3.8) is 0 Å². The average molecular weight is 335 g/mol. The van der Waals surface area contributed by atoms with Crippen molar-refractivity contribution in [3.05, 3.63) is 35.4 Å². The Hall–Kier alpha value is -1.68. The van der Waals surface area contributed by atoms with Gasteiger partial charge in [-0.05, 0) is 54.1 Å². The minimum absolute atomic E-state index is 0.0146. The van der Waals surface area contributed by atoms with Crippen molar-refractivity contribution in [2.75, 3.05) is 13.6 Å². The van der Waals surface area contributed by atoms with Crippen LogP contribution in [-0.4, -0.2) is 42.4 Å². The minimum Gasteiger partial charge on any atom is -0.459 e. The molecule has 0 amide bonds. The number of likely N-dealkylation sites (N-methyl/N-ethyl adjacent to an activating group) is 1. The van der Waals surface area contributed by atoms with Gasteiger partial charge in [-0.25, -0.2) is 0 Å². The lowest BCUT2D eigenvalue weighted by molar-refractivity contribution is -0.159. The first-order valence-corrected chi connectivity index (χ1v) is 8.68. The highest BCUT2D eigenvalue weighted by molar-refractivity contribution is 5.76. The number of carbonyl (C=O) groups excluding carboxylic acids is 2. The normalized spacial score (nSPS) is 17.0. The number of hydrogen-bond donors (Lipinski definition) is 0. The van der Waals surface area contributed by atoms with Crippen LogP contribution in [0.3, 0.4) is 0 Å². The highest BCUT2D eigenvalue weighted by Gasteiger charge is 2.31. The quantitative estimate of drug-likeness (QED) is 0.598. The second-order valence-electron chi connectivity index (χ2n) is 6.70. The van der Waals surface area contributed by atoms with Crippen LogP contribution in [0.4, 0.5) is 0 Å². The number of carbonyl (C=O) groups is 2. The molecule has 1 aromatic rings. The molecule has 1 unspecified atom stereocenters. The molecule has 1 aliphatic heterocycles. The molecule has 0 N–H and O–H groups in total. The third kappa shape index (κ3) is 8.82. The maximum Gasteiger partial charge on any atom is 0.323 e. The number of aryl methyl sites for hydroxylation is 1. The molecule has 0 bridgehead atoms. The van der Waals surface area contributed by atoms with Gasteiger partial charge in [-0.15, -0.1) is 0 Å². The van der Waals surface area contributed by atoms with Crippen molar-refractivity contribution >= 4 is 12.3 Å². The first-order valence-electron chi connectivity index (χ1n) is 8.68. The van der Waals surface area contributed by atoms with E-state index in [-0.39, 0.29) is 17.6 Å². The fraction of sp³-hybridized carbons (Fsp3) is 0.600. The zero-order valence-corrected chi connectivity index (χ0v) is 16.3. The lowest BCUT2D eigenvalue weighted by Gasteiger charge is -2.24. The van der Waals surface area contributed by atoms with E-state index in [1.165, 1.54) is 5.56 Å². The van der Waals surface area contributed by atoms with E-state index in [0.717, 1.165) is 31.2 Å². The Morgan fingerprint density at radius 1 is 1.21 bits per heavy atom. The first-order chi connectivity index (χ1) is 11.2. The van der Waals surface area contributed by atoms with Crippen molar-refractivity contribution in [1.29, 1.82) is 0 Å². The number of esters is 1. The molecule has 24 heavy (non-hydrogen) atoms. The highest BCUT2D eigenvalue weighted by Crippen LogP contribution is 2.18. The zero-order valence-electron chi connectivity index (χ0n) is 16.3. The smallest absolute Gasteiger partial charge is 0.323 e. The minimum atomic E-state index is -0.361. The second-order valence-corrected chi connectivity index (χ2v) is 6.70. The maximum absolute atomic E-state index is 11.6. The molecular formula is C20H33NO3. The Morgan fingerprint density at radius 3 is 2.12 bits per heavy atom. The van der Waals surface area contributed by atoms with Crippen molar-refractivity contribution in [3.8, 4) is 0 Å². The fourth-order valence-corrected chi connectivity index (χ4v) is 2.22. The van der Waals surface area contributed by atoms with Gasteiger partial charge in [-0.3, -0.25) is 14.5 Å². The molecule has 1 fully saturated rings. The van der Waals surface area contributed by atoms with E-state index in [1.54, 1.807) is 0 Å². The summed E-state index contributed by atoms with van der Waals surface area (Å²) in [6.45, 7) is 12.7. The third-order valence-electron chi connectivity index (χ3n) is 3.41. The van der Waals surface area contributed by atoms with Crippen LogP contribution in [0.15, 0.2) is 24.3 Å². The van der Waals surface area contributed by atoms with Gasteiger partial charge in [0.15, 0.2) is 0 Å². The van der Waals surface area contributed by atoms with Gasteiger partial charge < -0.3 is 4.74 Å². The molecule has 1 heterocycles. The van der Waals surface area contributed by atoms with E-state index >= 15 is 0 Å². The summed E-state index contributed by atoms with van der Waals surface area (Å²) in [5, 5.41) is 0. The standard InChI is InChI=1S/C10H19NO2.C8H8O.C2H6/c1-10(2,3)13-9(12)8-6-5-7-11(8)4;1-7-2-4-8(6-9)5-3-7;1-2/h8H,5-7H2,1-4H3;2-6H,1H3;1-2H3. The van der Waals surface area contributed by atoms with Gasteiger partial charge in [0.2, 0.25) is 0 Å². The molecule has 2 rings (SSSR count). The summed E-state index contributed by atoms with van der Waals surface area (Å²) >= 11 is 0.